The Morgan fingerprint density at radius 3 is 1.96 bits per heavy atom. The number of carbonyl (C=O) groups excluding carboxylic acids is 1. The minimum absolute atomic E-state index is 0.193. The van der Waals surface area contributed by atoms with Crippen molar-refractivity contribution in [1.29, 1.82) is 0 Å². The van der Waals surface area contributed by atoms with Gasteiger partial charge in [-0.3, -0.25) is 0 Å². The third kappa shape index (κ3) is 2.69. The van der Waals surface area contributed by atoms with Gasteiger partial charge in [0.2, 0.25) is 5.67 Å². The molecule has 2 saturated carbocycles. The second-order valence-corrected chi connectivity index (χ2v) is 6.59. The van der Waals surface area contributed by atoms with Gasteiger partial charge in [0.1, 0.15) is 6.10 Å². The lowest BCUT2D eigenvalue weighted by Gasteiger charge is -2.42. The van der Waals surface area contributed by atoms with Crippen molar-refractivity contribution in [3.8, 4) is 0 Å². The van der Waals surface area contributed by atoms with Gasteiger partial charge in [0, 0.05) is 0 Å². The van der Waals surface area contributed by atoms with E-state index in [0.29, 0.717) is 0 Å². The standard InChI is InChI=1S/C14H17F7O2/c1-3-11(2,15)10(22)23-9-5-8-4-7(9)6-12(8,13(16,17)18)14(19,20)21/h7-9H,3-6H2,1-2H3. The largest absolute Gasteiger partial charge is 0.460 e. The maximum Gasteiger partial charge on any atom is 0.403 e. The van der Waals surface area contributed by atoms with E-state index in [1.165, 1.54) is 6.92 Å². The minimum atomic E-state index is -5.42. The molecule has 9 heteroatoms. The van der Waals surface area contributed by atoms with Crippen LogP contribution < -0.4 is 0 Å². The molecule has 2 bridgehead atoms. The van der Waals surface area contributed by atoms with Crippen LogP contribution in [0.2, 0.25) is 0 Å². The summed E-state index contributed by atoms with van der Waals surface area (Å²) in [5, 5.41) is 0. The number of halogens is 7. The number of carbonyl (C=O) groups is 1. The highest BCUT2D eigenvalue weighted by molar-refractivity contribution is 5.79. The lowest BCUT2D eigenvalue weighted by Crippen LogP contribution is -2.55. The summed E-state index contributed by atoms with van der Waals surface area (Å²) in [6.45, 7) is 2.36. The molecule has 2 rings (SSSR count). The van der Waals surface area contributed by atoms with E-state index in [2.05, 4.69) is 0 Å². The SMILES string of the molecule is CCC(C)(F)C(=O)OC1CC2CC1CC2(C(F)(F)F)C(F)(F)F. The molecule has 0 aromatic rings. The van der Waals surface area contributed by atoms with Crippen LogP contribution >= 0.6 is 0 Å². The van der Waals surface area contributed by atoms with Crippen molar-refractivity contribution in [1.82, 2.24) is 0 Å². The third-order valence-electron chi connectivity index (χ3n) is 5.27. The zero-order valence-corrected chi connectivity index (χ0v) is 12.5. The zero-order valence-electron chi connectivity index (χ0n) is 12.5. The fourth-order valence-corrected chi connectivity index (χ4v) is 3.69. The molecule has 0 heterocycles. The summed E-state index contributed by atoms with van der Waals surface area (Å²) in [4.78, 5) is 11.6. The molecule has 0 spiro atoms. The zero-order chi connectivity index (χ0) is 17.8. The van der Waals surface area contributed by atoms with Gasteiger partial charge in [-0.1, -0.05) is 6.92 Å². The van der Waals surface area contributed by atoms with Crippen LogP contribution in [0.25, 0.3) is 0 Å². The predicted molar refractivity (Wildman–Crippen MR) is 65.1 cm³/mol. The van der Waals surface area contributed by atoms with Crippen LogP contribution in [-0.4, -0.2) is 30.1 Å². The molecule has 0 saturated heterocycles. The Labute approximate surface area is 128 Å². The molecule has 2 aliphatic carbocycles. The molecule has 0 aromatic heterocycles. The number of hydrogen-bond acceptors (Lipinski definition) is 2. The Balaban J connectivity index is 2.17. The van der Waals surface area contributed by atoms with Gasteiger partial charge in [0.25, 0.3) is 0 Å². The van der Waals surface area contributed by atoms with E-state index in [1.807, 2.05) is 0 Å². The lowest BCUT2D eigenvalue weighted by atomic mass is 9.71. The second-order valence-electron chi connectivity index (χ2n) is 6.59. The van der Waals surface area contributed by atoms with E-state index in [-0.39, 0.29) is 12.8 Å². The van der Waals surface area contributed by atoms with Crippen LogP contribution in [0.15, 0.2) is 0 Å². The van der Waals surface area contributed by atoms with Crippen molar-refractivity contribution in [2.24, 2.45) is 17.3 Å². The highest BCUT2D eigenvalue weighted by atomic mass is 19.4. The lowest BCUT2D eigenvalue weighted by molar-refractivity contribution is -0.358. The average Bonchev–Trinajstić information content (AvgIpc) is 2.94. The number of esters is 1. The summed E-state index contributed by atoms with van der Waals surface area (Å²) in [6, 6.07) is 0. The van der Waals surface area contributed by atoms with Crippen LogP contribution in [0.4, 0.5) is 30.7 Å². The van der Waals surface area contributed by atoms with E-state index < -0.39 is 60.2 Å². The Morgan fingerprint density at radius 1 is 1.09 bits per heavy atom. The second kappa shape index (κ2) is 5.24. The Morgan fingerprint density at radius 2 is 1.61 bits per heavy atom. The minimum Gasteiger partial charge on any atom is -0.460 e. The quantitative estimate of drug-likeness (QED) is 0.550. The molecule has 0 aliphatic heterocycles. The van der Waals surface area contributed by atoms with Gasteiger partial charge >= 0.3 is 18.3 Å². The first-order valence-corrected chi connectivity index (χ1v) is 7.29. The molecule has 0 N–H and O–H groups in total. The smallest absolute Gasteiger partial charge is 0.403 e. The summed E-state index contributed by atoms with van der Waals surface area (Å²) < 4.78 is 97.4. The number of ether oxygens (including phenoxy) is 1. The molecule has 0 aromatic carbocycles. The van der Waals surface area contributed by atoms with Crippen LogP contribution in [0.3, 0.4) is 0 Å². The van der Waals surface area contributed by atoms with Gasteiger partial charge in [-0.25, -0.2) is 9.18 Å². The first-order valence-electron chi connectivity index (χ1n) is 7.29. The maximum atomic E-state index is 13.8. The van der Waals surface area contributed by atoms with Gasteiger partial charge < -0.3 is 4.74 Å². The topological polar surface area (TPSA) is 26.3 Å². The first kappa shape index (κ1) is 18.3. The van der Waals surface area contributed by atoms with Crippen LogP contribution in [0, 0.1) is 17.3 Å². The number of hydrogen-bond donors (Lipinski definition) is 0. The number of rotatable bonds is 3. The molecule has 2 fully saturated rings. The summed E-state index contributed by atoms with van der Waals surface area (Å²) in [7, 11) is 0. The van der Waals surface area contributed by atoms with Crippen molar-refractivity contribution in [3.63, 3.8) is 0 Å². The molecule has 4 atom stereocenters. The Kier molecular flexibility index (Phi) is 4.17. The Bertz CT molecular complexity index is 466. The Hall–Kier alpha value is -1.02. The molecule has 0 radical (unpaired) electrons. The van der Waals surface area contributed by atoms with E-state index in [9.17, 15) is 35.5 Å². The normalized spacial score (nSPS) is 32.7. The highest BCUT2D eigenvalue weighted by Gasteiger charge is 2.79. The van der Waals surface area contributed by atoms with Crippen molar-refractivity contribution in [2.75, 3.05) is 0 Å². The highest BCUT2D eigenvalue weighted by Crippen LogP contribution is 2.68. The van der Waals surface area contributed by atoms with Gasteiger partial charge in [0.05, 0.1) is 0 Å². The molecule has 23 heavy (non-hydrogen) atoms. The van der Waals surface area contributed by atoms with Crippen molar-refractivity contribution in [3.05, 3.63) is 0 Å². The van der Waals surface area contributed by atoms with Gasteiger partial charge in [-0.15, -0.1) is 0 Å². The first-order chi connectivity index (χ1) is 10.3. The molecular weight excluding hydrogens is 333 g/mol. The van der Waals surface area contributed by atoms with Gasteiger partial charge in [0.15, 0.2) is 5.41 Å². The van der Waals surface area contributed by atoms with E-state index in [1.54, 1.807) is 0 Å². The van der Waals surface area contributed by atoms with Gasteiger partial charge in [-0.05, 0) is 44.4 Å². The fourth-order valence-electron chi connectivity index (χ4n) is 3.69. The fraction of sp³-hybridized carbons (Fsp3) is 0.929. The van der Waals surface area contributed by atoms with Crippen LogP contribution in [0.1, 0.15) is 39.5 Å². The van der Waals surface area contributed by atoms with Crippen molar-refractivity contribution < 1.29 is 40.3 Å². The predicted octanol–water partition coefficient (Wildman–Crippen LogP) is 4.58. The van der Waals surface area contributed by atoms with E-state index in [4.69, 9.17) is 4.74 Å². The molecule has 134 valence electrons. The van der Waals surface area contributed by atoms with Gasteiger partial charge in [-0.2, -0.15) is 26.3 Å². The molecular formula is C14H17F7O2. The molecule has 0 amide bonds. The van der Waals surface area contributed by atoms with Crippen molar-refractivity contribution >= 4 is 5.97 Å². The third-order valence-corrected chi connectivity index (χ3v) is 5.27. The molecule has 4 unspecified atom stereocenters. The van der Waals surface area contributed by atoms with E-state index in [0.717, 1.165) is 6.92 Å². The summed E-state index contributed by atoms with van der Waals surface area (Å²) in [6.07, 6.45) is -14.2. The summed E-state index contributed by atoms with van der Waals surface area (Å²) >= 11 is 0. The summed E-state index contributed by atoms with van der Waals surface area (Å²) in [5.74, 6) is -3.99. The average molecular weight is 350 g/mol. The number of alkyl halides is 7. The monoisotopic (exact) mass is 350 g/mol. The van der Waals surface area contributed by atoms with Crippen molar-refractivity contribution in [2.45, 2.75) is 63.7 Å². The van der Waals surface area contributed by atoms with Crippen LogP contribution in [-0.2, 0) is 9.53 Å². The van der Waals surface area contributed by atoms with E-state index >= 15 is 0 Å². The number of fused-ring (bicyclic) bond motifs is 2. The van der Waals surface area contributed by atoms with Crippen LogP contribution in [0.5, 0.6) is 0 Å². The summed E-state index contributed by atoms with van der Waals surface area (Å²) in [5.41, 5.74) is -6.05. The molecule has 2 nitrogen and oxygen atoms in total. The maximum absolute atomic E-state index is 13.8. The molecule has 2 aliphatic rings.